The molecule has 7 aromatic rings. The molecule has 2 heteroatoms. The zero-order valence-electron chi connectivity index (χ0n) is 21.3. The molecule has 184 valence electrons. The first-order chi connectivity index (χ1) is 19.3. The molecule has 0 N–H and O–H groups in total. The van der Waals surface area contributed by atoms with E-state index in [1.54, 1.807) is 0 Å². The highest BCUT2D eigenvalue weighted by molar-refractivity contribution is 7.99. The Morgan fingerprint density at radius 1 is 0.410 bits per heavy atom. The molecule has 0 bridgehead atoms. The summed E-state index contributed by atoms with van der Waals surface area (Å²) in [5.41, 5.74) is 8.27. The summed E-state index contributed by atoms with van der Waals surface area (Å²) < 4.78 is 0. The Bertz CT molecular complexity index is 1800. The second kappa shape index (κ2) is 10.2. The van der Waals surface area contributed by atoms with Gasteiger partial charge in [0.15, 0.2) is 0 Å². The lowest BCUT2D eigenvalue weighted by Crippen LogP contribution is -1.91. The molecule has 0 amide bonds. The van der Waals surface area contributed by atoms with E-state index in [1.807, 2.05) is 24.0 Å². The van der Waals surface area contributed by atoms with Crippen LogP contribution in [-0.4, -0.2) is 4.98 Å². The van der Waals surface area contributed by atoms with Crippen molar-refractivity contribution in [3.8, 4) is 33.4 Å². The van der Waals surface area contributed by atoms with Crippen molar-refractivity contribution >= 4 is 33.4 Å². The summed E-state index contributed by atoms with van der Waals surface area (Å²) in [5.74, 6) is 0. The van der Waals surface area contributed by atoms with Gasteiger partial charge in [-0.3, -0.25) is 4.98 Å². The van der Waals surface area contributed by atoms with Gasteiger partial charge in [-0.25, -0.2) is 0 Å². The molecule has 0 atom stereocenters. The van der Waals surface area contributed by atoms with Gasteiger partial charge in [0.1, 0.15) is 0 Å². The Labute approximate surface area is 232 Å². The van der Waals surface area contributed by atoms with Crippen LogP contribution in [0.3, 0.4) is 0 Å². The van der Waals surface area contributed by atoms with Crippen LogP contribution < -0.4 is 0 Å². The Balaban J connectivity index is 1.47. The lowest BCUT2D eigenvalue weighted by molar-refractivity contribution is 1.39. The molecule has 1 aromatic heterocycles. The molecule has 6 aromatic carbocycles. The normalized spacial score (nSPS) is 11.2. The Morgan fingerprint density at radius 3 is 1.54 bits per heavy atom. The third-order valence-corrected chi connectivity index (χ3v) is 8.25. The van der Waals surface area contributed by atoms with Gasteiger partial charge in [-0.1, -0.05) is 133 Å². The van der Waals surface area contributed by atoms with E-state index in [-0.39, 0.29) is 0 Å². The third kappa shape index (κ3) is 4.50. The van der Waals surface area contributed by atoms with Crippen molar-refractivity contribution in [2.45, 2.75) is 9.79 Å². The maximum Gasteiger partial charge on any atom is 0.0798 e. The Morgan fingerprint density at radius 2 is 0.923 bits per heavy atom. The number of benzene rings is 6. The van der Waals surface area contributed by atoms with Crippen LogP contribution in [0.15, 0.2) is 162 Å². The minimum atomic E-state index is 1.03. The fourth-order valence-electron chi connectivity index (χ4n) is 5.34. The van der Waals surface area contributed by atoms with Gasteiger partial charge in [0.05, 0.1) is 5.52 Å². The van der Waals surface area contributed by atoms with E-state index in [9.17, 15) is 0 Å². The van der Waals surface area contributed by atoms with Gasteiger partial charge >= 0.3 is 0 Å². The van der Waals surface area contributed by atoms with Crippen LogP contribution in [0.4, 0.5) is 0 Å². The molecular formula is C37H25NS. The van der Waals surface area contributed by atoms with E-state index in [0.717, 1.165) is 5.52 Å². The topological polar surface area (TPSA) is 12.9 Å². The predicted octanol–water partition coefficient (Wildman–Crippen LogP) is 10.5. The van der Waals surface area contributed by atoms with Gasteiger partial charge in [-0.15, -0.1) is 0 Å². The summed E-state index contributed by atoms with van der Waals surface area (Å²) in [7, 11) is 0. The smallest absolute Gasteiger partial charge is 0.0798 e. The molecule has 0 aliphatic heterocycles. The first-order valence-electron chi connectivity index (χ1n) is 13.1. The van der Waals surface area contributed by atoms with Gasteiger partial charge in [-0.2, -0.15) is 0 Å². The van der Waals surface area contributed by atoms with E-state index in [1.165, 1.54) is 59.3 Å². The van der Waals surface area contributed by atoms with Crippen molar-refractivity contribution in [1.29, 1.82) is 0 Å². The highest BCUT2D eigenvalue weighted by Crippen LogP contribution is 2.45. The number of nitrogens with zero attached hydrogens (tertiary/aromatic N) is 1. The summed E-state index contributed by atoms with van der Waals surface area (Å²) in [5, 5.41) is 3.64. The molecular weight excluding hydrogens is 490 g/mol. The summed E-state index contributed by atoms with van der Waals surface area (Å²) in [6.07, 6.45) is 1.90. The predicted molar refractivity (Wildman–Crippen MR) is 166 cm³/mol. The molecule has 0 unspecified atom stereocenters. The first kappa shape index (κ1) is 23.5. The van der Waals surface area contributed by atoms with E-state index in [2.05, 4.69) is 140 Å². The standard InChI is InChI=1S/C37H25NS/c1-4-13-26(14-5-1)29-23-30(27-15-6-2-7-16-27)25-31(24-29)39-37-33-20-11-10-19-32(33)35(28-17-8-3-9-18-28)36-34(37)21-12-22-38-36/h1-25H. The van der Waals surface area contributed by atoms with Crippen LogP contribution >= 0.6 is 11.8 Å². The minimum Gasteiger partial charge on any atom is -0.256 e. The monoisotopic (exact) mass is 515 g/mol. The Kier molecular flexibility index (Phi) is 6.16. The fourth-order valence-corrected chi connectivity index (χ4v) is 6.51. The van der Waals surface area contributed by atoms with Crippen molar-refractivity contribution in [1.82, 2.24) is 4.98 Å². The SMILES string of the molecule is c1ccc(-c2cc(Sc3c4ccccc4c(-c4ccccc4)c4ncccc34)cc(-c3ccccc3)c2)cc1. The minimum absolute atomic E-state index is 1.03. The molecule has 0 spiro atoms. The molecule has 7 rings (SSSR count). The van der Waals surface area contributed by atoms with Gasteiger partial charge in [0.25, 0.3) is 0 Å². The van der Waals surface area contributed by atoms with Gasteiger partial charge in [0.2, 0.25) is 0 Å². The summed E-state index contributed by atoms with van der Waals surface area (Å²) in [4.78, 5) is 7.37. The molecule has 0 saturated heterocycles. The summed E-state index contributed by atoms with van der Waals surface area (Å²) in [6, 6.07) is 51.8. The van der Waals surface area contributed by atoms with Crippen LogP contribution in [0.2, 0.25) is 0 Å². The highest BCUT2D eigenvalue weighted by atomic mass is 32.2. The third-order valence-electron chi connectivity index (χ3n) is 7.13. The van der Waals surface area contributed by atoms with Crippen LogP contribution in [0.25, 0.3) is 55.1 Å². The lowest BCUT2D eigenvalue weighted by Gasteiger charge is -2.17. The zero-order chi connectivity index (χ0) is 26.0. The van der Waals surface area contributed by atoms with E-state index in [0.29, 0.717) is 0 Å². The molecule has 1 nitrogen and oxygen atoms in total. The van der Waals surface area contributed by atoms with E-state index < -0.39 is 0 Å². The number of hydrogen-bond donors (Lipinski definition) is 0. The number of rotatable bonds is 5. The second-order valence-electron chi connectivity index (χ2n) is 9.60. The van der Waals surface area contributed by atoms with Crippen LogP contribution in [0.5, 0.6) is 0 Å². The van der Waals surface area contributed by atoms with Crippen molar-refractivity contribution in [2.75, 3.05) is 0 Å². The highest BCUT2D eigenvalue weighted by Gasteiger charge is 2.17. The fraction of sp³-hybridized carbons (Fsp3) is 0. The molecule has 0 saturated carbocycles. The summed E-state index contributed by atoms with van der Waals surface area (Å²) >= 11 is 1.83. The molecule has 1 heterocycles. The molecule has 0 fully saturated rings. The Hall–Kier alpha value is -4.66. The van der Waals surface area contributed by atoms with Crippen molar-refractivity contribution in [3.63, 3.8) is 0 Å². The second-order valence-corrected chi connectivity index (χ2v) is 10.7. The van der Waals surface area contributed by atoms with Crippen LogP contribution in [-0.2, 0) is 0 Å². The molecule has 0 aliphatic carbocycles. The van der Waals surface area contributed by atoms with E-state index >= 15 is 0 Å². The van der Waals surface area contributed by atoms with Crippen LogP contribution in [0, 0.1) is 0 Å². The van der Waals surface area contributed by atoms with Gasteiger partial charge < -0.3 is 0 Å². The van der Waals surface area contributed by atoms with Gasteiger partial charge in [-0.05, 0) is 62.9 Å². The number of pyridine rings is 1. The van der Waals surface area contributed by atoms with Crippen molar-refractivity contribution in [2.24, 2.45) is 0 Å². The maximum absolute atomic E-state index is 4.93. The van der Waals surface area contributed by atoms with Crippen molar-refractivity contribution in [3.05, 3.63) is 152 Å². The quantitative estimate of drug-likeness (QED) is 0.211. The number of fused-ring (bicyclic) bond motifs is 2. The summed E-state index contributed by atoms with van der Waals surface area (Å²) in [6.45, 7) is 0. The average Bonchev–Trinajstić information content (AvgIpc) is 3.02. The molecule has 0 radical (unpaired) electrons. The van der Waals surface area contributed by atoms with Crippen molar-refractivity contribution < 1.29 is 0 Å². The lowest BCUT2D eigenvalue weighted by atomic mass is 9.95. The average molecular weight is 516 g/mol. The number of hydrogen-bond acceptors (Lipinski definition) is 2. The van der Waals surface area contributed by atoms with E-state index in [4.69, 9.17) is 4.98 Å². The zero-order valence-corrected chi connectivity index (χ0v) is 22.1. The molecule has 0 aliphatic rings. The first-order valence-corrected chi connectivity index (χ1v) is 14.0. The van der Waals surface area contributed by atoms with Crippen LogP contribution in [0.1, 0.15) is 0 Å². The number of aromatic nitrogens is 1. The van der Waals surface area contributed by atoms with Gasteiger partial charge in [0, 0.05) is 26.9 Å². The largest absolute Gasteiger partial charge is 0.256 e. The maximum atomic E-state index is 4.93. The molecule has 39 heavy (non-hydrogen) atoms.